The Morgan fingerprint density at radius 2 is 1.74 bits per heavy atom. The number of likely N-dealkylation sites (tertiary alicyclic amines) is 1. The summed E-state index contributed by atoms with van der Waals surface area (Å²) in [6, 6.07) is 10.3. The average molecular weight is 491 g/mol. The van der Waals surface area contributed by atoms with E-state index in [0.717, 1.165) is 17.7 Å². The van der Waals surface area contributed by atoms with Crippen molar-refractivity contribution in [3.8, 4) is 0 Å². The normalized spacial score (nSPS) is 16.3. The molecule has 1 fully saturated rings. The molecular weight excluding hydrogens is 466 g/mol. The number of tetrazole rings is 1. The molecule has 0 aliphatic carbocycles. The maximum absolute atomic E-state index is 13.3. The Labute approximate surface area is 199 Å². The lowest BCUT2D eigenvalue weighted by molar-refractivity contribution is -0.149. The lowest BCUT2D eigenvalue weighted by atomic mass is 9.93. The van der Waals surface area contributed by atoms with Gasteiger partial charge in [0.2, 0.25) is 0 Å². The average Bonchev–Trinajstić information content (AvgIpc) is 3.28. The number of hydrogen-bond acceptors (Lipinski definition) is 6. The van der Waals surface area contributed by atoms with Gasteiger partial charge < -0.3 is 4.74 Å². The fourth-order valence-electron chi connectivity index (χ4n) is 4.31. The molecule has 0 N–H and O–H groups in total. The molecule has 0 unspecified atom stereocenters. The highest BCUT2D eigenvalue weighted by atomic mass is 19.4. The summed E-state index contributed by atoms with van der Waals surface area (Å²) in [5, 5.41) is 12.1. The molecule has 35 heavy (non-hydrogen) atoms. The van der Waals surface area contributed by atoms with Crippen molar-refractivity contribution in [2.75, 3.05) is 19.7 Å². The van der Waals surface area contributed by atoms with E-state index < -0.39 is 17.8 Å². The van der Waals surface area contributed by atoms with Crippen molar-refractivity contribution in [2.45, 2.75) is 38.5 Å². The molecule has 0 spiro atoms. The molecule has 186 valence electrons. The Morgan fingerprint density at radius 1 is 1.09 bits per heavy atom. The van der Waals surface area contributed by atoms with Crippen LogP contribution >= 0.6 is 0 Å². The molecule has 2 aromatic carbocycles. The standard InChI is InChI=1S/C24H25F4N5O2/c1-2-35-23(34)18-11-13-32(14-12-18)21(17-5-7-19(8-6-17)24(26,27)28)22-29-30-31-33(22)15-16-3-9-20(25)10-4-16/h3-10,18,21H,2,11-15H2,1H3/t21-/m0/s1. The van der Waals surface area contributed by atoms with Crippen molar-refractivity contribution < 1.29 is 27.1 Å². The Balaban J connectivity index is 1.64. The van der Waals surface area contributed by atoms with Crippen LogP contribution in [0.3, 0.4) is 0 Å². The van der Waals surface area contributed by atoms with Crippen LogP contribution in [-0.2, 0) is 22.3 Å². The zero-order chi connectivity index (χ0) is 25.0. The molecule has 7 nitrogen and oxygen atoms in total. The van der Waals surface area contributed by atoms with Gasteiger partial charge in [0.25, 0.3) is 0 Å². The summed E-state index contributed by atoms with van der Waals surface area (Å²) in [5.74, 6) is -0.379. The first kappa shape index (κ1) is 24.8. The van der Waals surface area contributed by atoms with Gasteiger partial charge in [-0.05, 0) is 78.7 Å². The predicted molar refractivity (Wildman–Crippen MR) is 118 cm³/mol. The first-order chi connectivity index (χ1) is 16.8. The summed E-state index contributed by atoms with van der Waals surface area (Å²) in [4.78, 5) is 14.2. The molecule has 0 amide bonds. The summed E-state index contributed by atoms with van der Waals surface area (Å²) in [7, 11) is 0. The van der Waals surface area contributed by atoms with Crippen LogP contribution in [0.2, 0.25) is 0 Å². The summed E-state index contributed by atoms with van der Waals surface area (Å²) < 4.78 is 59.5. The zero-order valence-corrected chi connectivity index (χ0v) is 19.1. The van der Waals surface area contributed by atoms with E-state index in [1.165, 1.54) is 24.3 Å². The van der Waals surface area contributed by atoms with Crippen LogP contribution in [0.1, 0.15) is 48.3 Å². The maximum atomic E-state index is 13.3. The van der Waals surface area contributed by atoms with E-state index in [0.29, 0.717) is 43.9 Å². The minimum Gasteiger partial charge on any atom is -0.466 e. The highest BCUT2D eigenvalue weighted by molar-refractivity contribution is 5.72. The molecule has 1 atom stereocenters. The van der Waals surface area contributed by atoms with E-state index in [1.807, 2.05) is 0 Å². The summed E-state index contributed by atoms with van der Waals surface area (Å²) in [6.45, 7) is 3.36. The van der Waals surface area contributed by atoms with Crippen molar-refractivity contribution in [2.24, 2.45) is 5.92 Å². The van der Waals surface area contributed by atoms with Crippen LogP contribution in [0, 0.1) is 11.7 Å². The van der Waals surface area contributed by atoms with Crippen molar-refractivity contribution in [3.63, 3.8) is 0 Å². The Kier molecular flexibility index (Phi) is 7.44. The third-order valence-corrected chi connectivity index (χ3v) is 6.12. The summed E-state index contributed by atoms with van der Waals surface area (Å²) in [5.41, 5.74) is 0.627. The summed E-state index contributed by atoms with van der Waals surface area (Å²) in [6.07, 6.45) is -3.35. The molecule has 1 aliphatic rings. The van der Waals surface area contributed by atoms with Gasteiger partial charge in [0.05, 0.1) is 30.7 Å². The van der Waals surface area contributed by atoms with E-state index in [2.05, 4.69) is 20.4 Å². The molecule has 4 rings (SSSR count). The van der Waals surface area contributed by atoms with E-state index >= 15 is 0 Å². The SMILES string of the molecule is CCOC(=O)C1CCN([C@@H](c2ccc(C(F)(F)F)cc2)c2nnnn2Cc2ccc(F)cc2)CC1. The minimum absolute atomic E-state index is 0.227. The number of hydrogen-bond donors (Lipinski definition) is 0. The van der Waals surface area contributed by atoms with Gasteiger partial charge in [-0.1, -0.05) is 24.3 Å². The van der Waals surface area contributed by atoms with E-state index in [4.69, 9.17) is 4.74 Å². The zero-order valence-electron chi connectivity index (χ0n) is 19.1. The first-order valence-electron chi connectivity index (χ1n) is 11.3. The highest BCUT2D eigenvalue weighted by Crippen LogP contribution is 2.34. The topological polar surface area (TPSA) is 73.1 Å². The monoisotopic (exact) mass is 491 g/mol. The fourth-order valence-corrected chi connectivity index (χ4v) is 4.31. The fraction of sp³-hybridized carbons (Fsp3) is 0.417. The number of piperidine rings is 1. The smallest absolute Gasteiger partial charge is 0.416 e. The third kappa shape index (κ3) is 5.84. The molecule has 0 radical (unpaired) electrons. The van der Waals surface area contributed by atoms with E-state index in [9.17, 15) is 22.4 Å². The highest BCUT2D eigenvalue weighted by Gasteiger charge is 2.35. The van der Waals surface area contributed by atoms with Crippen LogP contribution in [0.4, 0.5) is 17.6 Å². The summed E-state index contributed by atoms with van der Waals surface area (Å²) >= 11 is 0. The number of halogens is 4. The first-order valence-corrected chi connectivity index (χ1v) is 11.3. The molecule has 0 bridgehead atoms. The Hall–Kier alpha value is -3.34. The molecule has 1 aliphatic heterocycles. The second kappa shape index (κ2) is 10.5. The van der Waals surface area contributed by atoms with Crippen LogP contribution < -0.4 is 0 Å². The third-order valence-electron chi connectivity index (χ3n) is 6.12. The Bertz CT molecular complexity index is 1120. The van der Waals surface area contributed by atoms with Gasteiger partial charge in [-0.2, -0.15) is 13.2 Å². The molecular formula is C24H25F4N5O2. The number of alkyl halides is 3. The van der Waals surface area contributed by atoms with Gasteiger partial charge in [-0.25, -0.2) is 9.07 Å². The van der Waals surface area contributed by atoms with Crippen LogP contribution in [0.5, 0.6) is 0 Å². The molecule has 1 aromatic heterocycles. The van der Waals surface area contributed by atoms with Crippen molar-refractivity contribution in [1.82, 2.24) is 25.1 Å². The van der Waals surface area contributed by atoms with Gasteiger partial charge in [-0.3, -0.25) is 9.69 Å². The molecule has 1 saturated heterocycles. The molecule has 2 heterocycles. The van der Waals surface area contributed by atoms with Crippen LogP contribution in [0.15, 0.2) is 48.5 Å². The number of nitrogens with zero attached hydrogens (tertiary/aromatic N) is 5. The second-order valence-electron chi connectivity index (χ2n) is 8.41. The van der Waals surface area contributed by atoms with Gasteiger partial charge in [-0.15, -0.1) is 5.10 Å². The lowest BCUT2D eigenvalue weighted by Crippen LogP contribution is -2.40. The Morgan fingerprint density at radius 3 is 2.34 bits per heavy atom. The number of benzene rings is 2. The van der Waals surface area contributed by atoms with Crippen LogP contribution in [-0.4, -0.2) is 50.8 Å². The second-order valence-corrected chi connectivity index (χ2v) is 8.41. The van der Waals surface area contributed by atoms with Crippen molar-refractivity contribution in [1.29, 1.82) is 0 Å². The lowest BCUT2D eigenvalue weighted by Gasteiger charge is -2.36. The van der Waals surface area contributed by atoms with Gasteiger partial charge in [0.1, 0.15) is 5.82 Å². The number of rotatable bonds is 7. The molecule has 3 aromatic rings. The minimum atomic E-state index is -4.45. The number of carbonyl (C=O) groups is 1. The number of esters is 1. The molecule has 11 heteroatoms. The van der Waals surface area contributed by atoms with Gasteiger partial charge in [0.15, 0.2) is 5.82 Å². The van der Waals surface area contributed by atoms with E-state index in [1.54, 1.807) is 23.7 Å². The van der Waals surface area contributed by atoms with Crippen molar-refractivity contribution >= 4 is 5.97 Å². The number of aromatic nitrogens is 4. The predicted octanol–water partition coefficient (Wildman–Crippen LogP) is 4.24. The van der Waals surface area contributed by atoms with Gasteiger partial charge in [0, 0.05) is 0 Å². The largest absolute Gasteiger partial charge is 0.466 e. The number of carbonyl (C=O) groups excluding carboxylic acids is 1. The quantitative estimate of drug-likeness (QED) is 0.364. The number of ether oxygens (including phenoxy) is 1. The van der Waals surface area contributed by atoms with Crippen LogP contribution in [0.25, 0.3) is 0 Å². The van der Waals surface area contributed by atoms with Crippen molar-refractivity contribution in [3.05, 3.63) is 76.9 Å². The molecule has 0 saturated carbocycles. The maximum Gasteiger partial charge on any atom is 0.416 e. The van der Waals surface area contributed by atoms with E-state index in [-0.39, 0.29) is 24.2 Å². The van der Waals surface area contributed by atoms with Gasteiger partial charge >= 0.3 is 12.1 Å².